The predicted octanol–water partition coefficient (Wildman–Crippen LogP) is 2.52. The third-order valence-corrected chi connectivity index (χ3v) is 1.01. The summed E-state index contributed by atoms with van der Waals surface area (Å²) in [6, 6.07) is 0. The van der Waals surface area contributed by atoms with Crippen molar-refractivity contribution < 1.29 is 13.2 Å². The Labute approximate surface area is 69.1 Å². The van der Waals surface area contributed by atoms with Gasteiger partial charge >= 0.3 is 6.18 Å². The molecule has 0 spiro atoms. The lowest BCUT2D eigenvalue weighted by molar-refractivity contribution is -0.0882. The van der Waals surface area contributed by atoms with Crippen LogP contribution in [0.4, 0.5) is 13.2 Å². The van der Waals surface area contributed by atoms with Gasteiger partial charge in [0.25, 0.3) is 0 Å². The standard InChI is InChI=1S/C8H10F3N/c1-3-4-7(5-6(2)12)8(9,10)11/h3-5H,2,12H2,1H3/b4-3-,7-5+. The summed E-state index contributed by atoms with van der Waals surface area (Å²) < 4.78 is 36.2. The number of hydrogen-bond acceptors (Lipinski definition) is 1. The molecule has 12 heavy (non-hydrogen) atoms. The summed E-state index contributed by atoms with van der Waals surface area (Å²) in [4.78, 5) is 0. The lowest BCUT2D eigenvalue weighted by Crippen LogP contribution is -2.11. The highest BCUT2D eigenvalue weighted by Gasteiger charge is 2.31. The van der Waals surface area contributed by atoms with Crippen LogP contribution in [-0.4, -0.2) is 6.18 Å². The van der Waals surface area contributed by atoms with E-state index in [0.717, 1.165) is 12.2 Å². The van der Waals surface area contributed by atoms with E-state index in [1.165, 1.54) is 13.0 Å². The van der Waals surface area contributed by atoms with Gasteiger partial charge in [-0.15, -0.1) is 0 Å². The molecule has 68 valence electrons. The van der Waals surface area contributed by atoms with Gasteiger partial charge < -0.3 is 5.73 Å². The normalized spacial score (nSPS) is 13.8. The zero-order valence-corrected chi connectivity index (χ0v) is 6.65. The molecule has 0 atom stereocenters. The van der Waals surface area contributed by atoms with Crippen LogP contribution in [0.2, 0.25) is 0 Å². The molecule has 0 amide bonds. The Bertz CT molecular complexity index is 223. The number of rotatable bonds is 2. The molecule has 1 nitrogen and oxygen atoms in total. The largest absolute Gasteiger partial charge is 0.416 e. The molecule has 0 radical (unpaired) electrons. The second kappa shape index (κ2) is 3.99. The third kappa shape index (κ3) is 3.85. The summed E-state index contributed by atoms with van der Waals surface area (Å²) in [6.07, 6.45) is -1.34. The van der Waals surface area contributed by atoms with Gasteiger partial charge in [-0.2, -0.15) is 13.2 Å². The van der Waals surface area contributed by atoms with E-state index in [-0.39, 0.29) is 5.70 Å². The van der Waals surface area contributed by atoms with Crippen LogP contribution in [0.15, 0.2) is 36.1 Å². The van der Waals surface area contributed by atoms with Crippen molar-refractivity contribution in [3.05, 3.63) is 36.1 Å². The highest BCUT2D eigenvalue weighted by atomic mass is 19.4. The fraction of sp³-hybridized carbons (Fsp3) is 0.250. The topological polar surface area (TPSA) is 26.0 Å². The first-order chi connectivity index (χ1) is 5.38. The molecule has 0 fully saturated rings. The first-order valence-corrected chi connectivity index (χ1v) is 3.24. The Hall–Kier alpha value is -1.19. The molecule has 0 bridgehead atoms. The van der Waals surface area contributed by atoms with E-state index in [9.17, 15) is 13.2 Å². The fourth-order valence-electron chi connectivity index (χ4n) is 0.604. The highest BCUT2D eigenvalue weighted by Crippen LogP contribution is 2.26. The van der Waals surface area contributed by atoms with Gasteiger partial charge in [-0.05, 0) is 13.0 Å². The van der Waals surface area contributed by atoms with E-state index in [4.69, 9.17) is 5.73 Å². The van der Waals surface area contributed by atoms with E-state index in [1.54, 1.807) is 0 Å². The molecule has 4 heteroatoms. The number of hydrogen-bond donors (Lipinski definition) is 1. The maximum absolute atomic E-state index is 12.1. The Morgan fingerprint density at radius 3 is 2.17 bits per heavy atom. The van der Waals surface area contributed by atoms with Crippen molar-refractivity contribution >= 4 is 0 Å². The molecule has 0 aromatic rings. The molecular formula is C8H10F3N. The number of halogens is 3. The van der Waals surface area contributed by atoms with Crippen LogP contribution in [0.3, 0.4) is 0 Å². The summed E-state index contributed by atoms with van der Waals surface area (Å²) in [6.45, 7) is 4.66. The lowest BCUT2D eigenvalue weighted by atomic mass is 10.2. The Kier molecular flexibility index (Phi) is 3.60. The van der Waals surface area contributed by atoms with Crippen molar-refractivity contribution in [2.45, 2.75) is 13.1 Å². The van der Waals surface area contributed by atoms with E-state index in [1.807, 2.05) is 0 Å². The van der Waals surface area contributed by atoms with Crippen LogP contribution in [0.5, 0.6) is 0 Å². The van der Waals surface area contributed by atoms with Crippen LogP contribution in [0.25, 0.3) is 0 Å². The minimum Gasteiger partial charge on any atom is -0.399 e. The van der Waals surface area contributed by atoms with Crippen molar-refractivity contribution in [1.29, 1.82) is 0 Å². The average molecular weight is 177 g/mol. The Morgan fingerprint density at radius 2 is 1.92 bits per heavy atom. The van der Waals surface area contributed by atoms with Crippen molar-refractivity contribution in [1.82, 2.24) is 0 Å². The van der Waals surface area contributed by atoms with Gasteiger partial charge in [0.2, 0.25) is 0 Å². The van der Waals surface area contributed by atoms with E-state index >= 15 is 0 Å². The first kappa shape index (κ1) is 10.8. The second-order valence-corrected chi connectivity index (χ2v) is 2.17. The van der Waals surface area contributed by atoms with E-state index < -0.39 is 11.7 Å². The zero-order valence-electron chi connectivity index (χ0n) is 6.65. The number of nitrogens with two attached hydrogens (primary N) is 1. The quantitative estimate of drug-likeness (QED) is 0.644. The molecule has 0 saturated heterocycles. The fourth-order valence-corrected chi connectivity index (χ4v) is 0.604. The van der Waals surface area contributed by atoms with Gasteiger partial charge in [0, 0.05) is 5.70 Å². The SMILES string of the molecule is C=C(N)/C=C(\C=C/C)C(F)(F)F. The predicted molar refractivity (Wildman–Crippen MR) is 42.3 cm³/mol. The van der Waals surface area contributed by atoms with Crippen molar-refractivity contribution in [3.63, 3.8) is 0 Å². The maximum Gasteiger partial charge on any atom is 0.416 e. The van der Waals surface area contributed by atoms with E-state index in [0.29, 0.717) is 0 Å². The summed E-state index contributed by atoms with van der Waals surface area (Å²) in [7, 11) is 0. The maximum atomic E-state index is 12.1. The molecular weight excluding hydrogens is 167 g/mol. The molecule has 0 aromatic carbocycles. The molecule has 0 rings (SSSR count). The van der Waals surface area contributed by atoms with Crippen molar-refractivity contribution in [2.75, 3.05) is 0 Å². The average Bonchev–Trinajstić information content (AvgIpc) is 1.83. The van der Waals surface area contributed by atoms with Crippen LogP contribution < -0.4 is 5.73 Å². The van der Waals surface area contributed by atoms with E-state index in [2.05, 4.69) is 6.58 Å². The van der Waals surface area contributed by atoms with Crippen LogP contribution >= 0.6 is 0 Å². The van der Waals surface area contributed by atoms with Gasteiger partial charge in [0.05, 0.1) is 5.57 Å². The minimum atomic E-state index is -4.37. The van der Waals surface area contributed by atoms with Gasteiger partial charge in [-0.1, -0.05) is 18.7 Å². The monoisotopic (exact) mass is 177 g/mol. The first-order valence-electron chi connectivity index (χ1n) is 3.24. The molecule has 0 aromatic heterocycles. The van der Waals surface area contributed by atoms with Crippen molar-refractivity contribution in [2.24, 2.45) is 5.73 Å². The van der Waals surface area contributed by atoms with Gasteiger partial charge in [-0.25, -0.2) is 0 Å². The van der Waals surface area contributed by atoms with Crippen LogP contribution in [0.1, 0.15) is 6.92 Å². The highest BCUT2D eigenvalue weighted by molar-refractivity contribution is 5.30. The molecule has 0 aliphatic carbocycles. The van der Waals surface area contributed by atoms with Gasteiger partial charge in [0.15, 0.2) is 0 Å². The molecule has 0 heterocycles. The Balaban J connectivity index is 4.80. The lowest BCUT2D eigenvalue weighted by Gasteiger charge is -2.06. The third-order valence-electron chi connectivity index (χ3n) is 1.01. The molecule has 0 aliphatic rings. The summed E-state index contributed by atoms with van der Waals surface area (Å²) in [5.41, 5.74) is 4.11. The summed E-state index contributed by atoms with van der Waals surface area (Å²) >= 11 is 0. The summed E-state index contributed by atoms with van der Waals surface area (Å²) in [5.74, 6) is 0. The molecule has 0 aliphatic heterocycles. The van der Waals surface area contributed by atoms with Crippen LogP contribution in [0, 0.1) is 0 Å². The molecule has 0 unspecified atom stereocenters. The minimum absolute atomic E-state index is 0.111. The second-order valence-electron chi connectivity index (χ2n) is 2.17. The summed E-state index contributed by atoms with van der Waals surface area (Å²) in [5, 5.41) is 0. The van der Waals surface area contributed by atoms with Gasteiger partial charge in [0.1, 0.15) is 0 Å². The molecule has 0 saturated carbocycles. The van der Waals surface area contributed by atoms with Crippen molar-refractivity contribution in [3.8, 4) is 0 Å². The smallest absolute Gasteiger partial charge is 0.399 e. The molecule has 2 N–H and O–H groups in total. The van der Waals surface area contributed by atoms with Gasteiger partial charge in [-0.3, -0.25) is 0 Å². The number of alkyl halides is 3. The zero-order chi connectivity index (χ0) is 9.78. The number of allylic oxidation sites excluding steroid dienone is 4. The Morgan fingerprint density at radius 1 is 1.42 bits per heavy atom. The van der Waals surface area contributed by atoms with Crippen LogP contribution in [-0.2, 0) is 0 Å².